The highest BCUT2D eigenvalue weighted by molar-refractivity contribution is 9.10. The lowest BCUT2D eigenvalue weighted by Gasteiger charge is -2.31. The average Bonchev–Trinajstić information content (AvgIpc) is 2.78. The van der Waals surface area contributed by atoms with Crippen LogP contribution in [-0.2, 0) is 11.2 Å². The first-order valence-corrected chi connectivity index (χ1v) is 10.0. The summed E-state index contributed by atoms with van der Waals surface area (Å²) in [5.41, 5.74) is 3.05. The topological polar surface area (TPSA) is 85.9 Å². The van der Waals surface area contributed by atoms with Crippen LogP contribution in [-0.4, -0.2) is 42.0 Å². The van der Waals surface area contributed by atoms with Crippen LogP contribution in [0.3, 0.4) is 0 Å². The Hall–Kier alpha value is -3.37. The smallest absolute Gasteiger partial charge is 0.258 e. The van der Waals surface area contributed by atoms with E-state index in [1.807, 2.05) is 18.2 Å². The number of amides is 1. The van der Waals surface area contributed by atoms with Crippen molar-refractivity contribution in [3.05, 3.63) is 81.5 Å². The molecule has 0 aromatic heterocycles. The minimum absolute atomic E-state index is 0.0379. The second-order valence-corrected chi connectivity index (χ2v) is 7.39. The first kappa shape index (κ1) is 21.3. The van der Waals surface area contributed by atoms with Crippen LogP contribution >= 0.6 is 15.9 Å². The Bertz CT molecular complexity index is 1080. The molecule has 152 valence electrons. The maximum Gasteiger partial charge on any atom is 0.258 e. The largest absolute Gasteiger partial charge is 0.506 e. The molecule has 1 aliphatic heterocycles. The molecule has 30 heavy (non-hydrogen) atoms. The van der Waals surface area contributed by atoms with Gasteiger partial charge in [-0.25, -0.2) is 0 Å². The molecular formula is C23H20BrN3O3. The summed E-state index contributed by atoms with van der Waals surface area (Å²) in [6.07, 6.45) is 3.94. The van der Waals surface area contributed by atoms with Gasteiger partial charge in [0.05, 0.1) is 22.7 Å². The van der Waals surface area contributed by atoms with E-state index in [1.165, 1.54) is 6.08 Å². The fraction of sp³-hybridized carbons (Fsp3) is 0.174. The number of carbonyl (C=O) groups excluding carboxylic acids is 1. The molecule has 1 aliphatic rings. The molecule has 0 atom stereocenters. The van der Waals surface area contributed by atoms with E-state index in [0.717, 1.165) is 5.56 Å². The van der Waals surface area contributed by atoms with Crippen molar-refractivity contribution in [1.29, 1.82) is 5.26 Å². The van der Waals surface area contributed by atoms with Crippen molar-refractivity contribution < 1.29 is 14.6 Å². The van der Waals surface area contributed by atoms with Crippen molar-refractivity contribution in [2.45, 2.75) is 6.42 Å². The number of nitrogens with zero attached hydrogens (tertiary/aromatic N) is 3. The van der Waals surface area contributed by atoms with Gasteiger partial charge < -0.3 is 14.7 Å². The van der Waals surface area contributed by atoms with Gasteiger partial charge in [-0.3, -0.25) is 9.79 Å². The number of ether oxygens (including phenoxy) is 1. The van der Waals surface area contributed by atoms with Gasteiger partial charge in [-0.05, 0) is 52.2 Å². The lowest BCUT2D eigenvalue weighted by molar-refractivity contribution is 0.0755. The van der Waals surface area contributed by atoms with Crippen LogP contribution in [0.1, 0.15) is 27.0 Å². The maximum absolute atomic E-state index is 13.3. The van der Waals surface area contributed by atoms with Gasteiger partial charge in [0.1, 0.15) is 18.1 Å². The normalized spacial score (nSPS) is 16.2. The van der Waals surface area contributed by atoms with E-state index in [0.29, 0.717) is 52.3 Å². The molecule has 0 unspecified atom stereocenters. The molecule has 3 rings (SSSR count). The number of benzene rings is 2. The fourth-order valence-electron chi connectivity index (χ4n) is 3.12. The average molecular weight is 466 g/mol. The van der Waals surface area contributed by atoms with Gasteiger partial charge in [0, 0.05) is 18.2 Å². The van der Waals surface area contributed by atoms with Crippen LogP contribution in [0.15, 0.2) is 64.2 Å². The number of rotatable bonds is 4. The highest BCUT2D eigenvalue weighted by Gasteiger charge is 2.28. The minimum Gasteiger partial charge on any atom is -0.506 e. The first-order valence-electron chi connectivity index (χ1n) is 9.24. The number of phenols is 1. The summed E-state index contributed by atoms with van der Waals surface area (Å²) >= 11 is 3.29. The molecular weight excluding hydrogens is 446 g/mol. The lowest BCUT2D eigenvalue weighted by atomic mass is 10.1. The summed E-state index contributed by atoms with van der Waals surface area (Å²) in [6, 6.07) is 12.6. The number of allylic oxidation sites excluding steroid dienone is 1. The van der Waals surface area contributed by atoms with E-state index in [9.17, 15) is 9.90 Å². The zero-order valence-electron chi connectivity index (χ0n) is 16.4. The highest BCUT2D eigenvalue weighted by atomic mass is 79.9. The van der Waals surface area contributed by atoms with Gasteiger partial charge in [-0.2, -0.15) is 5.26 Å². The second kappa shape index (κ2) is 9.42. The van der Waals surface area contributed by atoms with Crippen molar-refractivity contribution in [3.63, 3.8) is 0 Å². The van der Waals surface area contributed by atoms with E-state index >= 15 is 0 Å². The molecule has 2 aromatic carbocycles. The molecule has 0 bridgehead atoms. The van der Waals surface area contributed by atoms with E-state index in [4.69, 9.17) is 10.00 Å². The molecule has 0 radical (unpaired) electrons. The number of aliphatic imine (C=N–C) groups is 1. The molecule has 1 amide bonds. The molecule has 0 aliphatic carbocycles. The summed E-state index contributed by atoms with van der Waals surface area (Å²) in [5.74, 6) is 0.204. The van der Waals surface area contributed by atoms with Gasteiger partial charge in [0.15, 0.2) is 0 Å². The van der Waals surface area contributed by atoms with Gasteiger partial charge in [-0.1, -0.05) is 30.9 Å². The van der Waals surface area contributed by atoms with Crippen LogP contribution in [0.4, 0.5) is 0 Å². The molecule has 1 heterocycles. The Morgan fingerprint density at radius 1 is 1.40 bits per heavy atom. The molecule has 2 aromatic rings. The third-order valence-electron chi connectivity index (χ3n) is 4.69. The number of aromatic hydroxyl groups is 1. The Balaban J connectivity index is 1.94. The van der Waals surface area contributed by atoms with Gasteiger partial charge in [0.2, 0.25) is 5.90 Å². The van der Waals surface area contributed by atoms with E-state index in [1.54, 1.807) is 36.2 Å². The summed E-state index contributed by atoms with van der Waals surface area (Å²) in [7, 11) is 1.62. The van der Waals surface area contributed by atoms with E-state index in [2.05, 4.69) is 33.6 Å². The Labute approximate surface area is 183 Å². The predicted molar refractivity (Wildman–Crippen MR) is 119 cm³/mol. The number of phenolic OH excluding ortho intramolecular Hbond substituents is 1. The fourth-order valence-corrected chi connectivity index (χ4v) is 3.59. The minimum atomic E-state index is -0.227. The maximum atomic E-state index is 13.3. The lowest BCUT2D eigenvalue weighted by Crippen LogP contribution is -2.41. The molecule has 1 saturated heterocycles. The summed E-state index contributed by atoms with van der Waals surface area (Å²) < 4.78 is 6.07. The summed E-state index contributed by atoms with van der Waals surface area (Å²) in [5, 5.41) is 19.0. The quantitative estimate of drug-likeness (QED) is 0.729. The van der Waals surface area contributed by atoms with E-state index < -0.39 is 0 Å². The number of hydrogen-bond donors (Lipinski definition) is 1. The van der Waals surface area contributed by atoms with Gasteiger partial charge in [-0.15, -0.1) is 0 Å². The molecule has 6 nitrogen and oxygen atoms in total. The third kappa shape index (κ3) is 4.44. The van der Waals surface area contributed by atoms with Crippen molar-refractivity contribution in [2.24, 2.45) is 4.99 Å². The zero-order valence-corrected chi connectivity index (χ0v) is 18.0. The number of nitriles is 1. The predicted octanol–water partition coefficient (Wildman–Crippen LogP) is 4.30. The summed E-state index contributed by atoms with van der Waals surface area (Å²) in [6.45, 7) is 4.39. The van der Waals surface area contributed by atoms with Crippen LogP contribution in [0.5, 0.6) is 5.75 Å². The van der Waals surface area contributed by atoms with Crippen molar-refractivity contribution in [1.82, 2.24) is 4.90 Å². The first-order chi connectivity index (χ1) is 14.5. The van der Waals surface area contributed by atoms with Crippen molar-refractivity contribution in [3.8, 4) is 11.8 Å². The van der Waals surface area contributed by atoms with Gasteiger partial charge in [0.25, 0.3) is 5.91 Å². The molecule has 7 heteroatoms. The third-order valence-corrected chi connectivity index (χ3v) is 5.29. The SMILES string of the molecule is C=Cc1cc(C(=O)N2CCOC(=N/C)/C2=C\Cc2ccc(C#N)cc2)cc(Br)c1O. The number of halogens is 1. The van der Waals surface area contributed by atoms with Gasteiger partial charge >= 0.3 is 0 Å². The Morgan fingerprint density at radius 2 is 2.13 bits per heavy atom. The second-order valence-electron chi connectivity index (χ2n) is 6.54. The number of hydrogen-bond acceptors (Lipinski definition) is 5. The molecule has 0 saturated carbocycles. The molecule has 0 spiro atoms. The Kier molecular flexibility index (Phi) is 6.70. The monoisotopic (exact) mass is 465 g/mol. The standard InChI is InChI=1S/C23H20BrN3O3/c1-3-17-12-18(13-19(24)21(17)28)23(29)27-10-11-30-22(26-2)20(27)9-8-15-4-6-16(14-25)7-5-15/h3-7,9,12-13,28H,1,8,10-11H2,2H3/b20-9+,26-22+. The molecule has 1 N–H and O–H groups in total. The number of carbonyl (C=O) groups is 1. The summed E-state index contributed by atoms with van der Waals surface area (Å²) in [4.78, 5) is 19.1. The number of morpholine rings is 1. The van der Waals surface area contributed by atoms with Crippen molar-refractivity contribution in [2.75, 3.05) is 20.2 Å². The zero-order chi connectivity index (χ0) is 21.7. The Morgan fingerprint density at radius 3 is 2.77 bits per heavy atom. The highest BCUT2D eigenvalue weighted by Crippen LogP contribution is 2.31. The van der Waals surface area contributed by atoms with Crippen LogP contribution in [0.2, 0.25) is 0 Å². The van der Waals surface area contributed by atoms with Crippen LogP contribution in [0.25, 0.3) is 6.08 Å². The van der Waals surface area contributed by atoms with Crippen LogP contribution in [0, 0.1) is 11.3 Å². The van der Waals surface area contributed by atoms with E-state index in [-0.39, 0.29) is 11.7 Å². The van der Waals surface area contributed by atoms with Crippen LogP contribution < -0.4 is 0 Å². The van der Waals surface area contributed by atoms with Crippen molar-refractivity contribution >= 4 is 33.8 Å². The molecule has 1 fully saturated rings.